The summed E-state index contributed by atoms with van der Waals surface area (Å²) in [5.41, 5.74) is 0. The maximum absolute atomic E-state index is 11.4. The molecule has 0 bridgehead atoms. The van der Waals surface area contributed by atoms with Crippen LogP contribution < -0.4 is 4.72 Å². The van der Waals surface area contributed by atoms with E-state index >= 15 is 0 Å². The first kappa shape index (κ1) is 12.3. The Bertz CT molecular complexity index is 262. The molecule has 1 saturated carbocycles. The minimum atomic E-state index is -3.10. The van der Waals surface area contributed by atoms with Crippen LogP contribution in [0.15, 0.2) is 0 Å². The normalized spacial score (nSPS) is 19.6. The van der Waals surface area contributed by atoms with Crippen LogP contribution in [0.1, 0.15) is 26.2 Å². The van der Waals surface area contributed by atoms with Crippen molar-refractivity contribution in [1.29, 1.82) is 0 Å². The van der Waals surface area contributed by atoms with Crippen molar-refractivity contribution in [2.45, 2.75) is 26.2 Å². The second-order valence-electron chi connectivity index (χ2n) is 4.17. The van der Waals surface area contributed by atoms with Crippen LogP contribution in [0.3, 0.4) is 0 Å². The third kappa shape index (κ3) is 5.17. The lowest BCUT2D eigenvalue weighted by molar-refractivity contribution is 0.563. The number of halogens is 1. The van der Waals surface area contributed by atoms with Gasteiger partial charge in [-0.1, -0.05) is 19.8 Å². The fourth-order valence-electron chi connectivity index (χ4n) is 1.30. The first-order chi connectivity index (χ1) is 6.53. The second-order valence-corrected chi connectivity index (χ2v) is 6.33. The van der Waals surface area contributed by atoms with Gasteiger partial charge in [0.25, 0.3) is 0 Å². The maximum Gasteiger partial charge on any atom is 0.211 e. The van der Waals surface area contributed by atoms with Gasteiger partial charge in [0.1, 0.15) is 0 Å². The van der Waals surface area contributed by atoms with E-state index < -0.39 is 10.0 Å². The highest BCUT2D eigenvalue weighted by Crippen LogP contribution is 2.31. The Morgan fingerprint density at radius 1 is 1.50 bits per heavy atom. The zero-order valence-corrected chi connectivity index (χ0v) is 10.1. The highest BCUT2D eigenvalue weighted by Gasteiger charge is 2.22. The summed E-state index contributed by atoms with van der Waals surface area (Å²) < 4.78 is 25.5. The minimum Gasteiger partial charge on any atom is -0.215 e. The van der Waals surface area contributed by atoms with Crippen LogP contribution in [0, 0.1) is 11.8 Å². The molecule has 1 N–H and O–H groups in total. The minimum absolute atomic E-state index is 0.0232. The monoisotopic (exact) mass is 239 g/mol. The standard InChI is InChI=1S/C9H18ClNO2S/c1-8(6-10)7-14(12,13)11-5-4-9-2-3-9/h8-9,11H,2-7H2,1H3. The maximum atomic E-state index is 11.4. The molecule has 0 aliphatic heterocycles. The molecule has 0 spiro atoms. The summed E-state index contributed by atoms with van der Waals surface area (Å²) in [6, 6.07) is 0. The molecule has 3 nitrogen and oxygen atoms in total. The molecule has 0 radical (unpaired) electrons. The van der Waals surface area contributed by atoms with Crippen molar-refractivity contribution in [3.8, 4) is 0 Å². The van der Waals surface area contributed by atoms with Gasteiger partial charge in [-0.3, -0.25) is 0 Å². The number of sulfonamides is 1. The van der Waals surface area contributed by atoms with Gasteiger partial charge in [0.2, 0.25) is 10.0 Å². The van der Waals surface area contributed by atoms with Crippen LogP contribution in [0.25, 0.3) is 0 Å². The fourth-order valence-corrected chi connectivity index (χ4v) is 2.96. The molecule has 0 aromatic heterocycles. The van der Waals surface area contributed by atoms with Crippen molar-refractivity contribution in [3.63, 3.8) is 0 Å². The molecule has 5 heteroatoms. The Hall–Kier alpha value is 0.200. The summed E-state index contributed by atoms with van der Waals surface area (Å²) in [5.74, 6) is 1.32. The van der Waals surface area contributed by atoms with Crippen molar-refractivity contribution in [1.82, 2.24) is 4.72 Å². The molecule has 1 rings (SSSR count). The summed E-state index contributed by atoms with van der Waals surface area (Å²) in [7, 11) is -3.10. The van der Waals surface area contributed by atoms with Gasteiger partial charge in [-0.25, -0.2) is 13.1 Å². The summed E-state index contributed by atoms with van der Waals surface area (Å²) in [5, 5.41) is 0. The number of nitrogens with one attached hydrogen (secondary N) is 1. The van der Waals surface area contributed by atoms with E-state index in [-0.39, 0.29) is 11.7 Å². The molecule has 1 atom stereocenters. The third-order valence-electron chi connectivity index (χ3n) is 2.34. The summed E-state index contributed by atoms with van der Waals surface area (Å²) in [4.78, 5) is 0. The fraction of sp³-hybridized carbons (Fsp3) is 1.00. The van der Waals surface area contributed by atoms with E-state index in [1.54, 1.807) is 0 Å². The SMILES string of the molecule is CC(CCl)CS(=O)(=O)NCCC1CC1. The van der Waals surface area contributed by atoms with Crippen LogP contribution in [-0.2, 0) is 10.0 Å². The summed E-state index contributed by atoms with van der Waals surface area (Å²) in [6.07, 6.45) is 3.51. The molecule has 0 amide bonds. The number of hydrogen-bond donors (Lipinski definition) is 1. The topological polar surface area (TPSA) is 46.2 Å². The smallest absolute Gasteiger partial charge is 0.211 e. The number of rotatable bonds is 7. The molecule has 1 aliphatic rings. The van der Waals surface area contributed by atoms with Gasteiger partial charge in [0.15, 0.2) is 0 Å². The number of hydrogen-bond acceptors (Lipinski definition) is 2. The van der Waals surface area contributed by atoms with Gasteiger partial charge in [0.05, 0.1) is 5.75 Å². The third-order valence-corrected chi connectivity index (χ3v) is 4.52. The Kier molecular flexibility index (Phi) is 4.67. The van der Waals surface area contributed by atoms with Crippen molar-refractivity contribution in [2.24, 2.45) is 11.8 Å². The van der Waals surface area contributed by atoms with Crippen molar-refractivity contribution >= 4 is 21.6 Å². The van der Waals surface area contributed by atoms with E-state index in [9.17, 15) is 8.42 Å². The highest BCUT2D eigenvalue weighted by atomic mass is 35.5. The lowest BCUT2D eigenvalue weighted by atomic mass is 10.3. The molecule has 0 aromatic rings. The lowest BCUT2D eigenvalue weighted by Crippen LogP contribution is -2.30. The quantitative estimate of drug-likeness (QED) is 0.686. The largest absolute Gasteiger partial charge is 0.215 e. The summed E-state index contributed by atoms with van der Waals surface area (Å²) >= 11 is 5.56. The molecule has 84 valence electrons. The number of alkyl halides is 1. The average molecular weight is 240 g/mol. The molecule has 0 aromatic carbocycles. The van der Waals surface area contributed by atoms with Crippen LogP contribution >= 0.6 is 11.6 Å². The molecule has 14 heavy (non-hydrogen) atoms. The zero-order valence-electron chi connectivity index (χ0n) is 8.50. The molecule has 1 fully saturated rings. The molecule has 0 heterocycles. The molecule has 1 unspecified atom stereocenters. The highest BCUT2D eigenvalue weighted by molar-refractivity contribution is 7.89. The van der Waals surface area contributed by atoms with Crippen LogP contribution in [0.4, 0.5) is 0 Å². The van der Waals surface area contributed by atoms with Crippen molar-refractivity contribution in [2.75, 3.05) is 18.2 Å². The predicted molar refractivity (Wildman–Crippen MR) is 59.0 cm³/mol. The van der Waals surface area contributed by atoms with E-state index in [2.05, 4.69) is 4.72 Å². The molecular weight excluding hydrogens is 222 g/mol. The van der Waals surface area contributed by atoms with Gasteiger partial charge in [-0.2, -0.15) is 0 Å². The van der Waals surface area contributed by atoms with Crippen LogP contribution in [0.2, 0.25) is 0 Å². The van der Waals surface area contributed by atoms with Gasteiger partial charge >= 0.3 is 0 Å². The zero-order chi connectivity index (χ0) is 10.6. The summed E-state index contributed by atoms with van der Waals surface area (Å²) in [6.45, 7) is 2.43. The van der Waals surface area contributed by atoms with E-state index in [1.807, 2.05) is 6.92 Å². The van der Waals surface area contributed by atoms with Gasteiger partial charge in [-0.05, 0) is 18.3 Å². The van der Waals surface area contributed by atoms with E-state index in [4.69, 9.17) is 11.6 Å². The molecular formula is C9H18ClNO2S. The first-order valence-corrected chi connectivity index (χ1v) is 7.25. The van der Waals surface area contributed by atoms with E-state index in [1.165, 1.54) is 12.8 Å². The van der Waals surface area contributed by atoms with E-state index in [0.29, 0.717) is 12.4 Å². The second kappa shape index (κ2) is 5.33. The van der Waals surface area contributed by atoms with Gasteiger partial charge in [0, 0.05) is 12.4 Å². The average Bonchev–Trinajstić information content (AvgIpc) is 2.87. The molecule has 1 aliphatic carbocycles. The Balaban J connectivity index is 2.18. The van der Waals surface area contributed by atoms with Gasteiger partial charge < -0.3 is 0 Å². The predicted octanol–water partition coefficient (Wildman–Crippen LogP) is 1.58. The van der Waals surface area contributed by atoms with Crippen molar-refractivity contribution < 1.29 is 8.42 Å². The lowest BCUT2D eigenvalue weighted by Gasteiger charge is -2.09. The Labute approximate surface area is 91.3 Å². The first-order valence-electron chi connectivity index (χ1n) is 5.07. The van der Waals surface area contributed by atoms with Gasteiger partial charge in [-0.15, -0.1) is 11.6 Å². The Morgan fingerprint density at radius 3 is 2.64 bits per heavy atom. The van der Waals surface area contributed by atoms with Crippen LogP contribution in [-0.4, -0.2) is 26.6 Å². The van der Waals surface area contributed by atoms with Crippen LogP contribution in [0.5, 0.6) is 0 Å². The van der Waals surface area contributed by atoms with Crippen molar-refractivity contribution in [3.05, 3.63) is 0 Å². The Morgan fingerprint density at radius 2 is 2.14 bits per heavy atom. The molecule has 0 saturated heterocycles. The van der Waals surface area contributed by atoms with E-state index in [0.717, 1.165) is 12.3 Å².